The Balaban J connectivity index is 1.58. The average Bonchev–Trinajstić information content (AvgIpc) is 3.09. The summed E-state index contributed by atoms with van der Waals surface area (Å²) in [6.45, 7) is 1.58. The summed E-state index contributed by atoms with van der Waals surface area (Å²) in [6.07, 6.45) is 1.62. The van der Waals surface area contributed by atoms with Gasteiger partial charge in [0.25, 0.3) is 5.56 Å². The number of imidazole rings is 1. The third-order valence-corrected chi connectivity index (χ3v) is 4.59. The Morgan fingerprint density at radius 1 is 1.15 bits per heavy atom. The van der Waals surface area contributed by atoms with Crippen LogP contribution in [0.3, 0.4) is 0 Å². The lowest BCUT2D eigenvalue weighted by molar-refractivity contribution is 0.174. The first kappa shape index (κ1) is 18.9. The molecule has 0 aliphatic carbocycles. The molecule has 144 valence electrons. The van der Waals surface area contributed by atoms with E-state index in [2.05, 4.69) is 10.3 Å². The highest BCUT2D eigenvalue weighted by atomic mass is 16.3. The predicted molar refractivity (Wildman–Crippen MR) is 101 cm³/mol. The zero-order chi connectivity index (χ0) is 19.6. The van der Waals surface area contributed by atoms with Crippen LogP contribution in [0.25, 0.3) is 11.2 Å². The van der Waals surface area contributed by atoms with E-state index < -0.39 is 11.8 Å². The van der Waals surface area contributed by atoms with Crippen LogP contribution < -0.4 is 16.6 Å². The molecule has 0 aliphatic heterocycles. The van der Waals surface area contributed by atoms with Gasteiger partial charge in [0.15, 0.2) is 11.2 Å². The summed E-state index contributed by atoms with van der Waals surface area (Å²) in [5, 5.41) is 22.6. The molecular formula is C18H23N5O4. The molecule has 27 heavy (non-hydrogen) atoms. The number of hydrogen-bond acceptors (Lipinski definition) is 6. The summed E-state index contributed by atoms with van der Waals surface area (Å²) >= 11 is 0. The maximum Gasteiger partial charge on any atom is 0.332 e. The molecule has 0 saturated carbocycles. The second-order valence-electron chi connectivity index (χ2n) is 6.48. The first-order chi connectivity index (χ1) is 12.9. The van der Waals surface area contributed by atoms with Crippen molar-refractivity contribution in [1.29, 1.82) is 0 Å². The van der Waals surface area contributed by atoms with Gasteiger partial charge in [0.1, 0.15) is 5.75 Å². The molecule has 0 radical (unpaired) electrons. The minimum absolute atomic E-state index is 0.162. The second kappa shape index (κ2) is 7.77. The number of aliphatic hydroxyl groups excluding tert-OH is 1. The molecule has 2 heterocycles. The number of aromatic hydroxyl groups is 1. The molecule has 0 saturated heterocycles. The van der Waals surface area contributed by atoms with Gasteiger partial charge in [-0.2, -0.15) is 0 Å². The van der Waals surface area contributed by atoms with Gasteiger partial charge in [-0.3, -0.25) is 13.9 Å². The highest BCUT2D eigenvalue weighted by Crippen LogP contribution is 2.16. The SMILES string of the molecule is Cn1c(=O)c2c(ncn2CCCNCC(O)c2ccc(O)cc2)n(C)c1=O. The molecule has 3 rings (SSSR count). The van der Waals surface area contributed by atoms with Gasteiger partial charge >= 0.3 is 5.69 Å². The Morgan fingerprint density at radius 3 is 2.56 bits per heavy atom. The van der Waals surface area contributed by atoms with Crippen molar-refractivity contribution in [2.45, 2.75) is 19.1 Å². The third-order valence-electron chi connectivity index (χ3n) is 4.59. The van der Waals surface area contributed by atoms with Crippen molar-refractivity contribution in [3.05, 3.63) is 57.0 Å². The van der Waals surface area contributed by atoms with Crippen LogP contribution in [0.2, 0.25) is 0 Å². The van der Waals surface area contributed by atoms with E-state index in [-0.39, 0.29) is 11.3 Å². The highest BCUT2D eigenvalue weighted by Gasteiger charge is 2.14. The van der Waals surface area contributed by atoms with Gasteiger partial charge in [0.2, 0.25) is 0 Å². The van der Waals surface area contributed by atoms with Gasteiger partial charge < -0.3 is 20.1 Å². The number of phenols is 1. The van der Waals surface area contributed by atoms with Crippen molar-refractivity contribution >= 4 is 11.2 Å². The van der Waals surface area contributed by atoms with Crippen molar-refractivity contribution in [2.75, 3.05) is 13.1 Å². The Bertz CT molecular complexity index is 1050. The summed E-state index contributed by atoms with van der Waals surface area (Å²) < 4.78 is 4.18. The molecule has 1 unspecified atom stereocenters. The number of rotatable bonds is 7. The molecule has 1 aromatic carbocycles. The number of aryl methyl sites for hydroxylation is 2. The first-order valence-electron chi connectivity index (χ1n) is 8.68. The molecule has 3 N–H and O–H groups in total. The van der Waals surface area contributed by atoms with Crippen LogP contribution in [0, 0.1) is 0 Å². The Kier molecular flexibility index (Phi) is 5.43. The molecule has 0 amide bonds. The number of fused-ring (bicyclic) bond motifs is 1. The van der Waals surface area contributed by atoms with E-state index in [0.717, 1.165) is 16.6 Å². The summed E-state index contributed by atoms with van der Waals surface area (Å²) in [4.78, 5) is 28.5. The lowest BCUT2D eigenvalue weighted by Crippen LogP contribution is -2.37. The van der Waals surface area contributed by atoms with E-state index >= 15 is 0 Å². The Morgan fingerprint density at radius 2 is 1.85 bits per heavy atom. The number of aromatic nitrogens is 4. The van der Waals surface area contributed by atoms with Crippen molar-refractivity contribution < 1.29 is 10.2 Å². The van der Waals surface area contributed by atoms with Crippen LogP contribution in [0.5, 0.6) is 5.75 Å². The van der Waals surface area contributed by atoms with Crippen LogP contribution in [-0.2, 0) is 20.6 Å². The van der Waals surface area contributed by atoms with Crippen LogP contribution >= 0.6 is 0 Å². The molecule has 1 atom stereocenters. The fraction of sp³-hybridized carbons (Fsp3) is 0.389. The van der Waals surface area contributed by atoms with Crippen molar-refractivity contribution in [3.63, 3.8) is 0 Å². The molecule has 0 fully saturated rings. The zero-order valence-corrected chi connectivity index (χ0v) is 15.3. The quantitative estimate of drug-likeness (QED) is 0.497. The topological polar surface area (TPSA) is 114 Å². The van der Waals surface area contributed by atoms with Gasteiger partial charge in [-0.25, -0.2) is 9.78 Å². The number of nitrogens with zero attached hydrogens (tertiary/aromatic N) is 4. The van der Waals surface area contributed by atoms with Crippen LogP contribution in [0.4, 0.5) is 0 Å². The van der Waals surface area contributed by atoms with E-state index in [1.54, 1.807) is 30.1 Å². The standard InChI is InChI=1S/C18H23N5O4/c1-21-16-15(17(26)22(2)18(21)27)23(11-20-16)9-3-8-19-10-14(25)12-4-6-13(24)7-5-12/h4-7,11,14,19,24-25H,3,8-10H2,1-2H3. The summed E-state index contributed by atoms with van der Waals surface area (Å²) in [7, 11) is 3.04. The Hall–Kier alpha value is -2.91. The fourth-order valence-corrected chi connectivity index (χ4v) is 2.99. The molecule has 0 bridgehead atoms. The molecule has 9 heteroatoms. The maximum atomic E-state index is 12.4. The van der Waals surface area contributed by atoms with E-state index in [9.17, 15) is 19.8 Å². The second-order valence-corrected chi connectivity index (χ2v) is 6.48. The molecule has 2 aromatic heterocycles. The number of phenolic OH excluding ortho intramolecular Hbond substituents is 1. The van der Waals surface area contributed by atoms with Crippen LogP contribution in [0.1, 0.15) is 18.1 Å². The van der Waals surface area contributed by atoms with E-state index in [1.807, 2.05) is 0 Å². The van der Waals surface area contributed by atoms with E-state index in [4.69, 9.17) is 0 Å². The summed E-state index contributed by atoms with van der Waals surface area (Å²) in [5.41, 5.74) is 0.747. The highest BCUT2D eigenvalue weighted by molar-refractivity contribution is 5.69. The normalized spacial score (nSPS) is 12.6. The summed E-state index contributed by atoms with van der Waals surface area (Å²) in [5.74, 6) is 0.162. The molecule has 9 nitrogen and oxygen atoms in total. The van der Waals surface area contributed by atoms with Gasteiger partial charge in [-0.15, -0.1) is 0 Å². The first-order valence-corrected chi connectivity index (χ1v) is 8.68. The molecule has 3 aromatic rings. The van der Waals surface area contributed by atoms with Crippen LogP contribution in [0.15, 0.2) is 40.2 Å². The molecule has 0 spiro atoms. The number of hydrogen-bond donors (Lipinski definition) is 3. The monoisotopic (exact) mass is 373 g/mol. The number of nitrogens with one attached hydrogen (secondary N) is 1. The molecule has 0 aliphatic rings. The average molecular weight is 373 g/mol. The number of benzene rings is 1. The van der Waals surface area contributed by atoms with Gasteiger partial charge in [-0.1, -0.05) is 12.1 Å². The predicted octanol–water partition coefficient (Wildman–Crippen LogP) is -0.147. The smallest absolute Gasteiger partial charge is 0.332 e. The van der Waals surface area contributed by atoms with Crippen molar-refractivity contribution in [3.8, 4) is 5.75 Å². The third kappa shape index (κ3) is 3.79. The molecular weight excluding hydrogens is 350 g/mol. The lowest BCUT2D eigenvalue weighted by Gasteiger charge is -2.12. The van der Waals surface area contributed by atoms with Crippen molar-refractivity contribution in [1.82, 2.24) is 24.0 Å². The zero-order valence-electron chi connectivity index (χ0n) is 15.3. The van der Waals surface area contributed by atoms with E-state index in [1.165, 1.54) is 23.7 Å². The number of aliphatic hydroxyl groups is 1. The maximum absolute atomic E-state index is 12.4. The van der Waals surface area contributed by atoms with Crippen LogP contribution in [-0.4, -0.2) is 42.0 Å². The fourth-order valence-electron chi connectivity index (χ4n) is 2.99. The van der Waals surface area contributed by atoms with Gasteiger partial charge in [0.05, 0.1) is 12.4 Å². The minimum atomic E-state index is -0.665. The lowest BCUT2D eigenvalue weighted by atomic mass is 10.1. The van der Waals surface area contributed by atoms with Gasteiger partial charge in [-0.05, 0) is 30.7 Å². The summed E-state index contributed by atoms with van der Waals surface area (Å²) in [6, 6.07) is 6.44. The minimum Gasteiger partial charge on any atom is -0.508 e. The van der Waals surface area contributed by atoms with Crippen molar-refractivity contribution in [2.24, 2.45) is 14.1 Å². The largest absolute Gasteiger partial charge is 0.508 e. The Labute approximate surface area is 155 Å². The van der Waals surface area contributed by atoms with E-state index in [0.29, 0.717) is 30.8 Å². The van der Waals surface area contributed by atoms with Gasteiger partial charge in [0, 0.05) is 27.2 Å².